The van der Waals surface area contributed by atoms with Gasteiger partial charge in [-0.05, 0) is 37.5 Å². The Balaban J connectivity index is 1.31. The van der Waals surface area contributed by atoms with Crippen LogP contribution in [0.4, 0.5) is 4.79 Å². The molecule has 0 radical (unpaired) electrons. The molecule has 2 aliphatic rings. The molecule has 0 heterocycles. The van der Waals surface area contributed by atoms with E-state index in [1.807, 2.05) is 42.1 Å². The van der Waals surface area contributed by atoms with Gasteiger partial charge in [-0.3, -0.25) is 0 Å². The van der Waals surface area contributed by atoms with E-state index in [4.69, 9.17) is 4.74 Å². The average molecular weight is 334 g/mol. The number of carbonyl (C=O) groups is 1. The molecule has 23 heavy (non-hydrogen) atoms. The van der Waals surface area contributed by atoms with E-state index >= 15 is 0 Å². The second kappa shape index (κ2) is 8.06. The van der Waals surface area contributed by atoms with E-state index in [2.05, 4.69) is 16.9 Å². The van der Waals surface area contributed by atoms with Gasteiger partial charge >= 0.3 is 6.09 Å². The lowest BCUT2D eigenvalue weighted by Crippen LogP contribution is -2.55. The van der Waals surface area contributed by atoms with Gasteiger partial charge in [0.2, 0.25) is 0 Å². The van der Waals surface area contributed by atoms with Gasteiger partial charge in [0.05, 0.1) is 0 Å². The third kappa shape index (κ3) is 4.64. The Morgan fingerprint density at radius 1 is 1.22 bits per heavy atom. The molecule has 2 fully saturated rings. The molecule has 5 heteroatoms. The number of amides is 1. The van der Waals surface area contributed by atoms with Crippen LogP contribution in [-0.2, 0) is 11.3 Å². The molecule has 4 nitrogen and oxygen atoms in total. The topological polar surface area (TPSA) is 50.4 Å². The summed E-state index contributed by atoms with van der Waals surface area (Å²) in [5.41, 5.74) is 1.01. The lowest BCUT2D eigenvalue weighted by atomic mass is 9.86. The molecule has 3 rings (SSSR count). The number of carbonyl (C=O) groups excluding carboxylic acids is 1. The fraction of sp³-hybridized carbons (Fsp3) is 0.611. The van der Waals surface area contributed by atoms with Gasteiger partial charge in [0.25, 0.3) is 0 Å². The Hall–Kier alpha value is -1.20. The number of nitrogens with one attached hydrogen (secondary N) is 2. The lowest BCUT2D eigenvalue weighted by Gasteiger charge is -2.38. The van der Waals surface area contributed by atoms with E-state index in [1.54, 1.807) is 0 Å². The summed E-state index contributed by atoms with van der Waals surface area (Å²) in [7, 11) is 0. The normalized spacial score (nSPS) is 29.8. The molecule has 0 aromatic heterocycles. The third-order valence-corrected chi connectivity index (χ3v) is 6.05. The molecule has 0 aliphatic heterocycles. The van der Waals surface area contributed by atoms with E-state index in [0.717, 1.165) is 23.7 Å². The minimum Gasteiger partial charge on any atom is -0.445 e. The van der Waals surface area contributed by atoms with Crippen LogP contribution in [0.1, 0.15) is 37.7 Å². The fourth-order valence-electron chi connectivity index (χ4n) is 3.50. The van der Waals surface area contributed by atoms with Crippen LogP contribution in [0.25, 0.3) is 0 Å². The van der Waals surface area contributed by atoms with Crippen molar-refractivity contribution in [3.8, 4) is 0 Å². The van der Waals surface area contributed by atoms with Crippen molar-refractivity contribution in [3.63, 3.8) is 0 Å². The third-order valence-electron chi connectivity index (χ3n) is 4.88. The maximum absolute atomic E-state index is 11.8. The van der Waals surface area contributed by atoms with Crippen molar-refractivity contribution in [1.29, 1.82) is 0 Å². The zero-order valence-corrected chi connectivity index (χ0v) is 14.5. The van der Waals surface area contributed by atoms with Crippen molar-refractivity contribution in [2.45, 2.75) is 62.1 Å². The lowest BCUT2D eigenvalue weighted by molar-refractivity contribution is 0.124. The number of thioether (sulfide) groups is 1. The van der Waals surface area contributed by atoms with Crippen LogP contribution >= 0.6 is 11.8 Å². The first-order chi connectivity index (χ1) is 11.2. The number of alkyl carbamates (subject to hydrolysis) is 1. The van der Waals surface area contributed by atoms with Gasteiger partial charge in [-0.1, -0.05) is 36.8 Å². The standard InChI is InChI=1S/C18H26N2O2S/c1-23-17-9-5-8-16(17)19-14-10-15(11-14)20-18(21)22-12-13-6-3-2-4-7-13/h2-4,6-7,14-17,19H,5,8-12H2,1H3,(H,20,21). The molecule has 0 saturated heterocycles. The highest BCUT2D eigenvalue weighted by Gasteiger charge is 2.35. The van der Waals surface area contributed by atoms with Crippen LogP contribution in [0.5, 0.6) is 0 Å². The van der Waals surface area contributed by atoms with Gasteiger partial charge in [-0.25, -0.2) is 4.79 Å². The first-order valence-electron chi connectivity index (χ1n) is 8.50. The summed E-state index contributed by atoms with van der Waals surface area (Å²) in [6, 6.07) is 11.2. The number of hydrogen-bond acceptors (Lipinski definition) is 4. The maximum atomic E-state index is 11.8. The highest BCUT2D eigenvalue weighted by Crippen LogP contribution is 2.31. The minimum absolute atomic E-state index is 0.255. The van der Waals surface area contributed by atoms with Crippen molar-refractivity contribution >= 4 is 17.9 Å². The predicted molar refractivity (Wildman–Crippen MR) is 94.7 cm³/mol. The van der Waals surface area contributed by atoms with Gasteiger partial charge in [0, 0.05) is 23.4 Å². The van der Waals surface area contributed by atoms with E-state index in [9.17, 15) is 4.79 Å². The Morgan fingerprint density at radius 3 is 2.74 bits per heavy atom. The fourth-order valence-corrected chi connectivity index (χ4v) is 4.45. The summed E-state index contributed by atoms with van der Waals surface area (Å²) >= 11 is 1.98. The molecular weight excluding hydrogens is 308 g/mol. The van der Waals surface area contributed by atoms with E-state index < -0.39 is 0 Å². The van der Waals surface area contributed by atoms with Gasteiger partial charge in [-0.15, -0.1) is 0 Å². The Kier molecular flexibility index (Phi) is 5.84. The molecular formula is C18H26N2O2S. The molecule has 0 bridgehead atoms. The molecule has 1 aromatic carbocycles. The summed E-state index contributed by atoms with van der Waals surface area (Å²) in [6.45, 7) is 0.332. The molecule has 1 amide bonds. The first kappa shape index (κ1) is 16.7. The number of ether oxygens (including phenoxy) is 1. The van der Waals surface area contributed by atoms with Gasteiger partial charge in [-0.2, -0.15) is 11.8 Å². The van der Waals surface area contributed by atoms with Crippen molar-refractivity contribution in [2.75, 3.05) is 6.26 Å². The zero-order chi connectivity index (χ0) is 16.1. The van der Waals surface area contributed by atoms with E-state index in [-0.39, 0.29) is 12.1 Å². The summed E-state index contributed by atoms with van der Waals surface area (Å²) in [5.74, 6) is 0. The highest BCUT2D eigenvalue weighted by molar-refractivity contribution is 7.99. The number of hydrogen-bond donors (Lipinski definition) is 2. The molecule has 126 valence electrons. The van der Waals surface area contributed by atoms with Gasteiger partial charge < -0.3 is 15.4 Å². The Labute approximate surface area is 142 Å². The maximum Gasteiger partial charge on any atom is 0.407 e. The summed E-state index contributed by atoms with van der Waals surface area (Å²) in [4.78, 5) is 11.8. The highest BCUT2D eigenvalue weighted by atomic mass is 32.2. The monoisotopic (exact) mass is 334 g/mol. The Bertz CT molecular complexity index is 505. The van der Waals surface area contributed by atoms with E-state index in [0.29, 0.717) is 18.7 Å². The number of benzene rings is 1. The van der Waals surface area contributed by atoms with Crippen molar-refractivity contribution in [3.05, 3.63) is 35.9 Å². The minimum atomic E-state index is -0.305. The second-order valence-electron chi connectivity index (χ2n) is 6.55. The molecule has 2 aliphatic carbocycles. The molecule has 2 atom stereocenters. The number of rotatable bonds is 6. The SMILES string of the molecule is CSC1CCCC1NC1CC(NC(=O)OCc2ccccc2)C1. The van der Waals surface area contributed by atoms with Crippen molar-refractivity contribution < 1.29 is 9.53 Å². The van der Waals surface area contributed by atoms with Crippen LogP contribution in [0, 0.1) is 0 Å². The zero-order valence-electron chi connectivity index (χ0n) is 13.7. The van der Waals surface area contributed by atoms with Gasteiger partial charge in [0.15, 0.2) is 0 Å². The van der Waals surface area contributed by atoms with Crippen LogP contribution in [0.2, 0.25) is 0 Å². The first-order valence-corrected chi connectivity index (χ1v) is 9.79. The smallest absolute Gasteiger partial charge is 0.407 e. The average Bonchev–Trinajstić information content (AvgIpc) is 2.99. The van der Waals surface area contributed by atoms with Crippen LogP contribution in [0.3, 0.4) is 0 Å². The van der Waals surface area contributed by atoms with Crippen molar-refractivity contribution in [1.82, 2.24) is 10.6 Å². The molecule has 2 unspecified atom stereocenters. The van der Waals surface area contributed by atoms with E-state index in [1.165, 1.54) is 19.3 Å². The molecule has 1 aromatic rings. The molecule has 2 N–H and O–H groups in total. The van der Waals surface area contributed by atoms with Crippen LogP contribution in [-0.4, -0.2) is 35.7 Å². The molecule has 2 saturated carbocycles. The van der Waals surface area contributed by atoms with Crippen molar-refractivity contribution in [2.24, 2.45) is 0 Å². The summed E-state index contributed by atoms with van der Waals surface area (Å²) in [6.07, 6.45) is 7.89. The van der Waals surface area contributed by atoms with Crippen LogP contribution < -0.4 is 10.6 Å². The Morgan fingerprint density at radius 2 is 2.00 bits per heavy atom. The summed E-state index contributed by atoms with van der Waals surface area (Å²) < 4.78 is 5.26. The second-order valence-corrected chi connectivity index (χ2v) is 7.63. The van der Waals surface area contributed by atoms with Gasteiger partial charge in [0.1, 0.15) is 6.61 Å². The molecule has 0 spiro atoms. The quantitative estimate of drug-likeness (QED) is 0.838. The summed E-state index contributed by atoms with van der Waals surface area (Å²) in [5, 5.41) is 7.49. The van der Waals surface area contributed by atoms with Crippen LogP contribution in [0.15, 0.2) is 30.3 Å². The largest absolute Gasteiger partial charge is 0.445 e. The predicted octanol–water partition coefficient (Wildman–Crippen LogP) is 3.32.